The predicted molar refractivity (Wildman–Crippen MR) is 96.1 cm³/mol. The Morgan fingerprint density at radius 2 is 1.78 bits per heavy atom. The number of aliphatic hydroxyl groups is 1. The van der Waals surface area contributed by atoms with Crippen molar-refractivity contribution in [1.82, 2.24) is 0 Å². The van der Waals surface area contributed by atoms with Gasteiger partial charge in [0.05, 0.1) is 23.9 Å². The van der Waals surface area contributed by atoms with Crippen molar-refractivity contribution < 1.29 is 33.6 Å². The lowest BCUT2D eigenvalue weighted by Crippen LogP contribution is -2.52. The summed E-state index contributed by atoms with van der Waals surface area (Å²) in [7, 11) is 1.57. The first-order chi connectivity index (χ1) is 13.0. The number of carbonyl (C=O) groups is 1. The Kier molecular flexibility index (Phi) is 6.83. The molecule has 0 unspecified atom stereocenters. The standard InChI is InChI=1S/C20H28O7/c1-12-15(21)9-10-17(24-12)26-16-11-18(23-3)25-13(2)19(16)27-20(22)14-7-5-4-6-8-14/h4-8,12-13,15-19,21H,9-11H2,1-3H3/t12-,13+,15-,16+,17-,18-,19+/m0/s1. The van der Waals surface area contributed by atoms with Crippen molar-refractivity contribution >= 4 is 5.97 Å². The lowest BCUT2D eigenvalue weighted by atomic mass is 10.0. The van der Waals surface area contributed by atoms with Gasteiger partial charge in [-0.3, -0.25) is 0 Å². The second-order valence-corrected chi connectivity index (χ2v) is 7.07. The van der Waals surface area contributed by atoms with Crippen molar-refractivity contribution in [1.29, 1.82) is 0 Å². The normalized spacial score (nSPS) is 37.0. The first-order valence-corrected chi connectivity index (χ1v) is 9.41. The molecule has 2 heterocycles. The smallest absolute Gasteiger partial charge is 0.338 e. The van der Waals surface area contributed by atoms with E-state index in [9.17, 15) is 9.90 Å². The molecule has 2 aliphatic heterocycles. The molecule has 0 spiro atoms. The lowest BCUT2D eigenvalue weighted by molar-refractivity contribution is -0.293. The quantitative estimate of drug-likeness (QED) is 0.785. The summed E-state index contributed by atoms with van der Waals surface area (Å²) in [4.78, 5) is 12.5. The molecule has 7 nitrogen and oxygen atoms in total. The lowest BCUT2D eigenvalue weighted by Gasteiger charge is -2.41. The Bertz CT molecular complexity index is 608. The summed E-state index contributed by atoms with van der Waals surface area (Å²) in [5, 5.41) is 9.83. The van der Waals surface area contributed by atoms with Gasteiger partial charge in [0.25, 0.3) is 0 Å². The van der Waals surface area contributed by atoms with Crippen LogP contribution in [0.1, 0.15) is 43.5 Å². The molecule has 27 heavy (non-hydrogen) atoms. The number of hydrogen-bond donors (Lipinski definition) is 1. The first-order valence-electron chi connectivity index (χ1n) is 9.41. The minimum atomic E-state index is -0.588. The Morgan fingerprint density at radius 3 is 2.44 bits per heavy atom. The molecule has 2 aliphatic rings. The molecule has 3 rings (SSSR count). The van der Waals surface area contributed by atoms with Gasteiger partial charge in [0.15, 0.2) is 18.7 Å². The van der Waals surface area contributed by atoms with Crippen molar-refractivity contribution in [2.24, 2.45) is 0 Å². The molecule has 2 fully saturated rings. The molecule has 1 aromatic rings. The van der Waals surface area contributed by atoms with Crippen molar-refractivity contribution in [2.45, 2.75) is 76.2 Å². The zero-order valence-corrected chi connectivity index (χ0v) is 15.9. The molecule has 0 radical (unpaired) electrons. The third-order valence-corrected chi connectivity index (χ3v) is 5.07. The first kappa shape index (κ1) is 20.2. The number of aliphatic hydroxyl groups excluding tert-OH is 1. The van der Waals surface area contributed by atoms with Crippen LogP contribution in [0.25, 0.3) is 0 Å². The number of carbonyl (C=O) groups excluding carboxylic acids is 1. The number of hydrogen-bond acceptors (Lipinski definition) is 7. The third-order valence-electron chi connectivity index (χ3n) is 5.07. The molecule has 1 N–H and O–H groups in total. The van der Waals surface area contributed by atoms with E-state index in [2.05, 4.69) is 0 Å². The molecule has 2 saturated heterocycles. The maximum Gasteiger partial charge on any atom is 0.338 e. The SMILES string of the molecule is CO[C@@H]1C[C@@H](O[C@H]2CC[C@H](O)[C@H](C)O2)[C@H](OC(=O)c2ccccc2)[C@@H](C)O1. The van der Waals surface area contributed by atoms with E-state index in [1.807, 2.05) is 19.9 Å². The third kappa shape index (κ3) is 5.06. The summed E-state index contributed by atoms with van der Waals surface area (Å²) in [6.07, 6.45) is -1.51. The van der Waals surface area contributed by atoms with Crippen LogP contribution in [0.4, 0.5) is 0 Å². The molecular formula is C20H28O7. The Balaban J connectivity index is 1.69. The van der Waals surface area contributed by atoms with Gasteiger partial charge in [-0.1, -0.05) is 18.2 Å². The van der Waals surface area contributed by atoms with E-state index in [0.717, 1.165) is 0 Å². The van der Waals surface area contributed by atoms with Crippen LogP contribution < -0.4 is 0 Å². The zero-order valence-electron chi connectivity index (χ0n) is 15.9. The van der Waals surface area contributed by atoms with E-state index in [-0.39, 0.29) is 6.10 Å². The van der Waals surface area contributed by atoms with Crippen molar-refractivity contribution in [3.8, 4) is 0 Å². The summed E-state index contributed by atoms with van der Waals surface area (Å²) < 4.78 is 28.7. The average Bonchev–Trinajstić information content (AvgIpc) is 2.67. The number of methoxy groups -OCH3 is 1. The number of rotatable bonds is 5. The summed E-state index contributed by atoms with van der Waals surface area (Å²) in [5.41, 5.74) is 0.475. The van der Waals surface area contributed by atoms with E-state index in [1.54, 1.807) is 31.4 Å². The van der Waals surface area contributed by atoms with Crippen LogP contribution >= 0.6 is 0 Å². The second-order valence-electron chi connectivity index (χ2n) is 7.07. The molecule has 0 aliphatic carbocycles. The number of benzene rings is 1. The van der Waals surface area contributed by atoms with Crippen LogP contribution in [0.5, 0.6) is 0 Å². The number of ether oxygens (including phenoxy) is 5. The van der Waals surface area contributed by atoms with Crippen LogP contribution in [0.3, 0.4) is 0 Å². The fourth-order valence-corrected chi connectivity index (χ4v) is 3.46. The summed E-state index contributed by atoms with van der Waals surface area (Å²) in [6, 6.07) is 8.83. The molecule has 0 bridgehead atoms. The molecule has 7 heteroatoms. The molecule has 0 saturated carbocycles. The highest BCUT2D eigenvalue weighted by molar-refractivity contribution is 5.89. The second kappa shape index (κ2) is 9.12. The van der Waals surface area contributed by atoms with Gasteiger partial charge in [0.2, 0.25) is 0 Å². The highest BCUT2D eigenvalue weighted by Crippen LogP contribution is 2.30. The maximum atomic E-state index is 12.5. The van der Waals surface area contributed by atoms with E-state index >= 15 is 0 Å². The average molecular weight is 380 g/mol. The van der Waals surface area contributed by atoms with Gasteiger partial charge in [-0.15, -0.1) is 0 Å². The Morgan fingerprint density at radius 1 is 1.07 bits per heavy atom. The van der Waals surface area contributed by atoms with Gasteiger partial charge >= 0.3 is 5.97 Å². The van der Waals surface area contributed by atoms with E-state index < -0.39 is 43.0 Å². The van der Waals surface area contributed by atoms with Crippen LogP contribution in [-0.4, -0.2) is 61.3 Å². The zero-order chi connectivity index (χ0) is 19.4. The monoisotopic (exact) mass is 380 g/mol. The molecule has 0 amide bonds. The maximum absolute atomic E-state index is 12.5. The minimum Gasteiger partial charge on any atom is -0.453 e. The Labute approximate surface area is 159 Å². The van der Waals surface area contributed by atoms with Crippen LogP contribution in [0, 0.1) is 0 Å². The fraction of sp³-hybridized carbons (Fsp3) is 0.650. The molecular weight excluding hydrogens is 352 g/mol. The Hall–Kier alpha value is -1.51. The fourth-order valence-electron chi connectivity index (χ4n) is 3.46. The van der Waals surface area contributed by atoms with Gasteiger partial charge in [0.1, 0.15) is 6.10 Å². The number of esters is 1. The van der Waals surface area contributed by atoms with Crippen LogP contribution in [0.15, 0.2) is 30.3 Å². The molecule has 1 aromatic carbocycles. The minimum absolute atomic E-state index is 0.301. The van der Waals surface area contributed by atoms with Crippen molar-refractivity contribution in [3.63, 3.8) is 0 Å². The van der Waals surface area contributed by atoms with Gasteiger partial charge in [-0.05, 0) is 32.4 Å². The summed E-state index contributed by atoms with van der Waals surface area (Å²) in [6.45, 7) is 3.65. The summed E-state index contributed by atoms with van der Waals surface area (Å²) in [5.74, 6) is -0.422. The van der Waals surface area contributed by atoms with E-state index in [0.29, 0.717) is 24.8 Å². The van der Waals surface area contributed by atoms with Gasteiger partial charge in [0, 0.05) is 20.0 Å². The largest absolute Gasteiger partial charge is 0.453 e. The van der Waals surface area contributed by atoms with Crippen LogP contribution in [0.2, 0.25) is 0 Å². The van der Waals surface area contributed by atoms with E-state index in [1.165, 1.54) is 0 Å². The van der Waals surface area contributed by atoms with Crippen LogP contribution in [-0.2, 0) is 23.7 Å². The molecule has 0 aromatic heterocycles. The van der Waals surface area contributed by atoms with E-state index in [4.69, 9.17) is 23.7 Å². The predicted octanol–water partition coefficient (Wildman–Crippen LogP) is 2.26. The molecule has 150 valence electrons. The topological polar surface area (TPSA) is 83.5 Å². The highest BCUT2D eigenvalue weighted by atomic mass is 16.7. The van der Waals surface area contributed by atoms with Gasteiger partial charge in [-0.25, -0.2) is 4.79 Å². The van der Waals surface area contributed by atoms with Crippen molar-refractivity contribution in [2.75, 3.05) is 7.11 Å². The summed E-state index contributed by atoms with van der Waals surface area (Å²) >= 11 is 0. The molecule has 7 atom stereocenters. The highest BCUT2D eigenvalue weighted by Gasteiger charge is 2.42. The van der Waals surface area contributed by atoms with Crippen molar-refractivity contribution in [3.05, 3.63) is 35.9 Å². The van der Waals surface area contributed by atoms with Gasteiger partial charge < -0.3 is 28.8 Å². The van der Waals surface area contributed by atoms with Gasteiger partial charge in [-0.2, -0.15) is 0 Å².